The van der Waals surface area contributed by atoms with Gasteiger partial charge in [0.1, 0.15) is 0 Å². The molecule has 122 valence electrons. The van der Waals surface area contributed by atoms with E-state index < -0.39 is 14.6 Å². The summed E-state index contributed by atoms with van der Waals surface area (Å²) in [5.41, 5.74) is 1.10. The third kappa shape index (κ3) is 3.88. The van der Waals surface area contributed by atoms with Crippen molar-refractivity contribution in [1.82, 2.24) is 10.6 Å². The molecule has 1 aromatic rings. The van der Waals surface area contributed by atoms with E-state index in [1.165, 1.54) is 0 Å². The molecule has 7 heteroatoms. The number of hydrogen-bond donors (Lipinski definition) is 2. The molecule has 22 heavy (non-hydrogen) atoms. The third-order valence-electron chi connectivity index (χ3n) is 4.15. The monoisotopic (exact) mass is 388 g/mol. The minimum absolute atomic E-state index is 0.329. The Morgan fingerprint density at radius 1 is 1.27 bits per heavy atom. The molecule has 1 fully saturated rings. The number of hydrogen-bond acceptors (Lipinski definition) is 4. The molecule has 1 amide bonds. The zero-order valence-electron chi connectivity index (χ0n) is 12.6. The molecule has 0 bridgehead atoms. The maximum Gasteiger partial charge on any atom is 0.241 e. The van der Waals surface area contributed by atoms with Gasteiger partial charge in [-0.2, -0.15) is 0 Å². The zero-order valence-corrected chi connectivity index (χ0v) is 15.0. The van der Waals surface area contributed by atoms with Crippen molar-refractivity contribution in [2.24, 2.45) is 0 Å². The lowest BCUT2D eigenvalue weighted by Crippen LogP contribution is -2.57. The van der Waals surface area contributed by atoms with Gasteiger partial charge in [-0.25, -0.2) is 8.42 Å². The van der Waals surface area contributed by atoms with E-state index in [1.807, 2.05) is 24.3 Å². The number of benzene rings is 1. The van der Waals surface area contributed by atoms with Crippen molar-refractivity contribution in [3.63, 3.8) is 0 Å². The van der Waals surface area contributed by atoms with E-state index in [1.54, 1.807) is 0 Å². The lowest BCUT2D eigenvalue weighted by Gasteiger charge is -2.34. The number of nitrogens with one attached hydrogen (secondary N) is 2. The first-order valence-electron chi connectivity index (χ1n) is 7.28. The van der Waals surface area contributed by atoms with Crippen LogP contribution in [0, 0.1) is 0 Å². The highest BCUT2D eigenvalue weighted by molar-refractivity contribution is 9.10. The van der Waals surface area contributed by atoms with Crippen LogP contribution in [0.5, 0.6) is 0 Å². The van der Waals surface area contributed by atoms with Crippen LogP contribution in [0.1, 0.15) is 18.4 Å². The lowest BCUT2D eigenvalue weighted by atomic mass is 9.95. The summed E-state index contributed by atoms with van der Waals surface area (Å²) in [4.78, 5) is 12.5. The Hall–Kier alpha value is -0.920. The minimum atomic E-state index is -3.45. The number of sulfone groups is 1. The average Bonchev–Trinajstić information content (AvgIpc) is 2.49. The van der Waals surface area contributed by atoms with Crippen LogP contribution in [0.3, 0.4) is 0 Å². The number of carbonyl (C=O) groups is 1. The summed E-state index contributed by atoms with van der Waals surface area (Å²) in [6.07, 6.45) is 2.50. The van der Waals surface area contributed by atoms with E-state index in [4.69, 9.17) is 0 Å². The summed E-state index contributed by atoms with van der Waals surface area (Å²) in [5, 5.41) is 5.91. The van der Waals surface area contributed by atoms with Gasteiger partial charge in [0.05, 0.1) is 0 Å². The molecule has 1 saturated heterocycles. The Labute approximate surface area is 139 Å². The number of piperidine rings is 1. The van der Waals surface area contributed by atoms with Gasteiger partial charge in [0.15, 0.2) is 14.6 Å². The summed E-state index contributed by atoms with van der Waals surface area (Å²) in [6.45, 7) is 1.53. The SMILES string of the molecule is CS(=O)(=O)C1(C(=O)NCCc2ccc(Br)cc2)CCNCC1. The first-order valence-corrected chi connectivity index (χ1v) is 9.97. The molecule has 2 rings (SSSR count). The van der Waals surface area contributed by atoms with E-state index in [9.17, 15) is 13.2 Å². The Balaban J connectivity index is 1.98. The standard InChI is InChI=1S/C15H21BrN2O3S/c1-22(20,21)15(7-10-17-11-8-15)14(19)18-9-6-12-2-4-13(16)5-3-12/h2-5,17H,6-11H2,1H3,(H,18,19). The maximum absolute atomic E-state index is 12.5. The van der Waals surface area contributed by atoms with E-state index in [0.29, 0.717) is 38.9 Å². The summed E-state index contributed by atoms with van der Waals surface area (Å²) in [6, 6.07) is 7.85. The first kappa shape index (κ1) is 17.4. The van der Waals surface area contributed by atoms with Crippen molar-refractivity contribution in [3.05, 3.63) is 34.3 Å². The highest BCUT2D eigenvalue weighted by Gasteiger charge is 2.48. The molecule has 0 unspecified atom stereocenters. The molecule has 1 heterocycles. The second kappa shape index (κ2) is 7.10. The second-order valence-electron chi connectivity index (χ2n) is 5.65. The highest BCUT2D eigenvalue weighted by atomic mass is 79.9. The van der Waals surface area contributed by atoms with Crippen LogP contribution < -0.4 is 10.6 Å². The van der Waals surface area contributed by atoms with Crippen LogP contribution in [-0.4, -0.2) is 45.0 Å². The van der Waals surface area contributed by atoms with Gasteiger partial charge >= 0.3 is 0 Å². The van der Waals surface area contributed by atoms with Crippen molar-refractivity contribution >= 4 is 31.7 Å². The van der Waals surface area contributed by atoms with Crippen LogP contribution in [-0.2, 0) is 21.1 Å². The molecule has 0 aromatic heterocycles. The Morgan fingerprint density at radius 2 is 1.86 bits per heavy atom. The fourth-order valence-electron chi connectivity index (χ4n) is 2.73. The quantitative estimate of drug-likeness (QED) is 0.796. The number of carbonyl (C=O) groups excluding carboxylic acids is 1. The number of halogens is 1. The smallest absolute Gasteiger partial charge is 0.241 e. The molecule has 1 aliphatic rings. The first-order chi connectivity index (χ1) is 10.3. The molecule has 0 saturated carbocycles. The Bertz CT molecular complexity index is 623. The molecule has 2 N–H and O–H groups in total. The molecule has 0 spiro atoms. The van der Waals surface area contributed by atoms with Crippen molar-refractivity contribution in [2.75, 3.05) is 25.9 Å². The van der Waals surface area contributed by atoms with Crippen LogP contribution in [0.2, 0.25) is 0 Å². The van der Waals surface area contributed by atoms with E-state index in [0.717, 1.165) is 16.3 Å². The van der Waals surface area contributed by atoms with Gasteiger partial charge in [0.25, 0.3) is 0 Å². The van der Waals surface area contributed by atoms with Gasteiger partial charge in [-0.3, -0.25) is 4.79 Å². The van der Waals surface area contributed by atoms with Gasteiger partial charge in [-0.1, -0.05) is 28.1 Å². The van der Waals surface area contributed by atoms with Gasteiger partial charge < -0.3 is 10.6 Å². The molecule has 0 atom stereocenters. The zero-order chi connectivity index (χ0) is 16.2. The van der Waals surface area contributed by atoms with Crippen LogP contribution in [0.15, 0.2) is 28.7 Å². The molecule has 0 radical (unpaired) electrons. The van der Waals surface area contributed by atoms with Crippen molar-refractivity contribution in [2.45, 2.75) is 24.0 Å². The molecule has 1 aromatic carbocycles. The molecular weight excluding hydrogens is 368 g/mol. The third-order valence-corrected chi connectivity index (χ3v) is 6.69. The fourth-order valence-corrected chi connectivity index (χ4v) is 4.35. The Morgan fingerprint density at radius 3 is 2.41 bits per heavy atom. The molecule has 5 nitrogen and oxygen atoms in total. The van der Waals surface area contributed by atoms with E-state index in [2.05, 4.69) is 26.6 Å². The van der Waals surface area contributed by atoms with E-state index in [-0.39, 0.29) is 5.91 Å². The van der Waals surface area contributed by atoms with Gasteiger partial charge in [-0.05, 0) is 50.0 Å². The number of rotatable bonds is 5. The number of amides is 1. The summed E-state index contributed by atoms with van der Waals surface area (Å²) in [7, 11) is -3.45. The van der Waals surface area contributed by atoms with Crippen LogP contribution >= 0.6 is 15.9 Å². The van der Waals surface area contributed by atoms with E-state index >= 15 is 0 Å². The van der Waals surface area contributed by atoms with Gasteiger partial charge in [-0.15, -0.1) is 0 Å². The van der Waals surface area contributed by atoms with Gasteiger partial charge in [0.2, 0.25) is 5.91 Å². The highest BCUT2D eigenvalue weighted by Crippen LogP contribution is 2.27. The fraction of sp³-hybridized carbons (Fsp3) is 0.533. The maximum atomic E-state index is 12.5. The molecular formula is C15H21BrN2O3S. The predicted octanol–water partition coefficient (Wildman–Crippen LogP) is 1.27. The largest absolute Gasteiger partial charge is 0.354 e. The van der Waals surface area contributed by atoms with Crippen molar-refractivity contribution in [1.29, 1.82) is 0 Å². The summed E-state index contributed by atoms with van der Waals surface area (Å²) >= 11 is 3.38. The van der Waals surface area contributed by atoms with Crippen LogP contribution in [0.4, 0.5) is 0 Å². The predicted molar refractivity (Wildman–Crippen MR) is 90.5 cm³/mol. The summed E-state index contributed by atoms with van der Waals surface area (Å²) in [5.74, 6) is -0.367. The topological polar surface area (TPSA) is 75.3 Å². The van der Waals surface area contributed by atoms with Crippen molar-refractivity contribution < 1.29 is 13.2 Å². The summed E-state index contributed by atoms with van der Waals surface area (Å²) < 4.78 is 24.0. The molecule has 1 aliphatic heterocycles. The minimum Gasteiger partial charge on any atom is -0.354 e. The molecule has 0 aliphatic carbocycles. The van der Waals surface area contributed by atoms with Gasteiger partial charge in [0, 0.05) is 17.3 Å². The Kier molecular flexibility index (Phi) is 5.63. The second-order valence-corrected chi connectivity index (χ2v) is 8.89. The van der Waals surface area contributed by atoms with Crippen molar-refractivity contribution in [3.8, 4) is 0 Å². The van der Waals surface area contributed by atoms with Crippen LogP contribution in [0.25, 0.3) is 0 Å². The normalized spacial score (nSPS) is 17.9. The average molecular weight is 389 g/mol. The lowest BCUT2D eigenvalue weighted by molar-refractivity contribution is -0.124.